The lowest BCUT2D eigenvalue weighted by atomic mass is 10.1. The van der Waals surface area contributed by atoms with Gasteiger partial charge in [0.05, 0.1) is 6.04 Å². The zero-order valence-corrected chi connectivity index (χ0v) is 11.9. The van der Waals surface area contributed by atoms with Crippen LogP contribution in [-0.2, 0) is 4.79 Å². The number of hydrogen-bond donors (Lipinski definition) is 1. The molecule has 0 aliphatic carbocycles. The molecule has 2 N–H and O–H groups in total. The summed E-state index contributed by atoms with van der Waals surface area (Å²) in [5.41, 5.74) is 5.91. The predicted molar refractivity (Wildman–Crippen MR) is 72.9 cm³/mol. The van der Waals surface area contributed by atoms with E-state index in [1.54, 1.807) is 0 Å². The Morgan fingerprint density at radius 2 is 1.82 bits per heavy atom. The van der Waals surface area contributed by atoms with Gasteiger partial charge in [-0.1, -0.05) is 19.8 Å². The largest absolute Gasteiger partial charge is 0.342 e. The molecule has 0 rings (SSSR count). The van der Waals surface area contributed by atoms with Gasteiger partial charge in [0.1, 0.15) is 0 Å². The van der Waals surface area contributed by atoms with Gasteiger partial charge in [0.15, 0.2) is 0 Å². The van der Waals surface area contributed by atoms with Crippen molar-refractivity contribution in [3.63, 3.8) is 0 Å². The lowest BCUT2D eigenvalue weighted by Gasteiger charge is -2.25. The summed E-state index contributed by atoms with van der Waals surface area (Å²) in [6.45, 7) is 6.71. The molecule has 4 heteroatoms. The van der Waals surface area contributed by atoms with Gasteiger partial charge < -0.3 is 15.5 Å². The van der Waals surface area contributed by atoms with E-state index in [9.17, 15) is 4.79 Å². The molecule has 0 heterocycles. The average molecular weight is 243 g/mol. The van der Waals surface area contributed by atoms with Crippen molar-refractivity contribution in [1.29, 1.82) is 0 Å². The molecule has 1 atom stereocenters. The highest BCUT2D eigenvalue weighted by molar-refractivity contribution is 5.81. The van der Waals surface area contributed by atoms with Crippen molar-refractivity contribution < 1.29 is 4.79 Å². The summed E-state index contributed by atoms with van der Waals surface area (Å²) in [5, 5.41) is 0. The zero-order valence-electron chi connectivity index (χ0n) is 11.9. The van der Waals surface area contributed by atoms with Crippen LogP contribution in [0.25, 0.3) is 0 Å². The van der Waals surface area contributed by atoms with Gasteiger partial charge in [-0.3, -0.25) is 4.79 Å². The second kappa shape index (κ2) is 9.42. The number of carbonyl (C=O) groups is 1. The van der Waals surface area contributed by atoms with Crippen molar-refractivity contribution in [2.24, 2.45) is 5.73 Å². The first-order chi connectivity index (χ1) is 8.02. The molecule has 0 spiro atoms. The smallest absolute Gasteiger partial charge is 0.239 e. The summed E-state index contributed by atoms with van der Waals surface area (Å²) >= 11 is 0. The van der Waals surface area contributed by atoms with Gasteiger partial charge in [-0.05, 0) is 40.4 Å². The maximum absolute atomic E-state index is 12.0. The number of unbranched alkanes of at least 4 members (excludes halogenated alkanes) is 1. The topological polar surface area (TPSA) is 49.6 Å². The van der Waals surface area contributed by atoms with Gasteiger partial charge in [0.25, 0.3) is 0 Å². The fourth-order valence-electron chi connectivity index (χ4n) is 1.78. The zero-order chi connectivity index (χ0) is 13.3. The number of rotatable bonds is 9. The van der Waals surface area contributed by atoms with Crippen molar-refractivity contribution in [2.45, 2.75) is 45.6 Å². The first-order valence-corrected chi connectivity index (χ1v) is 6.72. The quantitative estimate of drug-likeness (QED) is 0.664. The highest BCUT2D eigenvalue weighted by Crippen LogP contribution is 2.03. The van der Waals surface area contributed by atoms with Crippen LogP contribution in [0.4, 0.5) is 0 Å². The summed E-state index contributed by atoms with van der Waals surface area (Å²) in [6, 6.07) is -0.311. The van der Waals surface area contributed by atoms with Gasteiger partial charge in [-0.15, -0.1) is 0 Å². The number of likely N-dealkylation sites (N-methyl/N-ethyl adjacent to an activating group) is 1. The van der Waals surface area contributed by atoms with Crippen LogP contribution in [0.3, 0.4) is 0 Å². The highest BCUT2D eigenvalue weighted by atomic mass is 16.2. The van der Waals surface area contributed by atoms with Crippen LogP contribution < -0.4 is 5.73 Å². The number of nitrogens with two attached hydrogens (primary N) is 1. The van der Waals surface area contributed by atoms with Crippen molar-refractivity contribution in [2.75, 3.05) is 33.7 Å². The summed E-state index contributed by atoms with van der Waals surface area (Å²) < 4.78 is 0. The molecule has 0 aliphatic heterocycles. The number of nitrogens with zero attached hydrogens (tertiary/aromatic N) is 2. The molecule has 0 aromatic carbocycles. The second-order valence-corrected chi connectivity index (χ2v) is 4.82. The third-order valence-corrected chi connectivity index (χ3v) is 2.91. The van der Waals surface area contributed by atoms with Gasteiger partial charge in [0, 0.05) is 13.1 Å². The van der Waals surface area contributed by atoms with Crippen LogP contribution in [0.5, 0.6) is 0 Å². The van der Waals surface area contributed by atoms with Crippen LogP contribution >= 0.6 is 0 Å². The van der Waals surface area contributed by atoms with Crippen molar-refractivity contribution >= 4 is 5.91 Å². The Balaban J connectivity index is 4.01. The van der Waals surface area contributed by atoms with E-state index in [1.807, 2.05) is 25.9 Å². The Kier molecular flexibility index (Phi) is 9.09. The summed E-state index contributed by atoms with van der Waals surface area (Å²) in [4.78, 5) is 16.1. The molecule has 0 saturated heterocycles. The van der Waals surface area contributed by atoms with Crippen LogP contribution in [-0.4, -0.2) is 55.5 Å². The molecule has 17 heavy (non-hydrogen) atoms. The summed E-state index contributed by atoms with van der Waals surface area (Å²) in [6.07, 6.45) is 3.93. The van der Waals surface area contributed by atoms with Gasteiger partial charge in [0.2, 0.25) is 5.91 Å². The Labute approximate surface area is 106 Å². The molecule has 0 unspecified atom stereocenters. The molecule has 0 aliphatic rings. The van der Waals surface area contributed by atoms with Gasteiger partial charge in [-0.25, -0.2) is 0 Å². The second-order valence-electron chi connectivity index (χ2n) is 4.82. The molecule has 0 bridgehead atoms. The fraction of sp³-hybridized carbons (Fsp3) is 0.923. The third kappa shape index (κ3) is 7.34. The molecule has 0 fully saturated rings. The molecule has 0 aromatic rings. The van der Waals surface area contributed by atoms with E-state index < -0.39 is 0 Å². The SMILES string of the molecule is CCCC[C@H](N)C(=O)N(CC)CCCN(C)C. The van der Waals surface area contributed by atoms with Crippen LogP contribution in [0.2, 0.25) is 0 Å². The van der Waals surface area contributed by atoms with Crippen LogP contribution in [0, 0.1) is 0 Å². The van der Waals surface area contributed by atoms with E-state index in [4.69, 9.17) is 5.73 Å². The molecule has 0 saturated carbocycles. The molecule has 1 amide bonds. The number of amides is 1. The monoisotopic (exact) mass is 243 g/mol. The summed E-state index contributed by atoms with van der Waals surface area (Å²) in [5.74, 6) is 0.111. The first-order valence-electron chi connectivity index (χ1n) is 6.72. The maximum atomic E-state index is 12.0. The minimum Gasteiger partial charge on any atom is -0.342 e. The van der Waals surface area contributed by atoms with Crippen LogP contribution in [0.15, 0.2) is 0 Å². The Morgan fingerprint density at radius 1 is 1.18 bits per heavy atom. The number of carbonyl (C=O) groups excluding carboxylic acids is 1. The van der Waals surface area contributed by atoms with E-state index in [0.29, 0.717) is 0 Å². The van der Waals surface area contributed by atoms with Crippen molar-refractivity contribution in [3.05, 3.63) is 0 Å². The Hall–Kier alpha value is -0.610. The van der Waals surface area contributed by atoms with Gasteiger partial charge >= 0.3 is 0 Å². The van der Waals surface area contributed by atoms with Gasteiger partial charge in [-0.2, -0.15) is 0 Å². The number of hydrogen-bond acceptors (Lipinski definition) is 3. The minimum atomic E-state index is -0.311. The lowest BCUT2D eigenvalue weighted by Crippen LogP contribution is -2.44. The van der Waals surface area contributed by atoms with E-state index in [1.165, 1.54) is 0 Å². The lowest BCUT2D eigenvalue weighted by molar-refractivity contribution is -0.132. The molecule has 102 valence electrons. The molecule has 4 nitrogen and oxygen atoms in total. The third-order valence-electron chi connectivity index (χ3n) is 2.91. The Morgan fingerprint density at radius 3 is 2.29 bits per heavy atom. The minimum absolute atomic E-state index is 0.111. The molecular formula is C13H29N3O. The summed E-state index contributed by atoms with van der Waals surface area (Å²) in [7, 11) is 4.09. The first kappa shape index (κ1) is 16.4. The normalized spacial score (nSPS) is 12.8. The van der Waals surface area contributed by atoms with E-state index >= 15 is 0 Å². The van der Waals surface area contributed by atoms with E-state index in [0.717, 1.165) is 45.3 Å². The van der Waals surface area contributed by atoms with Crippen molar-refractivity contribution in [3.8, 4) is 0 Å². The van der Waals surface area contributed by atoms with Crippen LogP contribution in [0.1, 0.15) is 39.5 Å². The fourth-order valence-corrected chi connectivity index (χ4v) is 1.78. The predicted octanol–water partition coefficient (Wildman–Crippen LogP) is 1.30. The Bertz CT molecular complexity index is 207. The highest BCUT2D eigenvalue weighted by Gasteiger charge is 2.18. The van der Waals surface area contributed by atoms with E-state index in [2.05, 4.69) is 11.8 Å². The average Bonchev–Trinajstić information content (AvgIpc) is 2.30. The van der Waals surface area contributed by atoms with Crippen molar-refractivity contribution in [1.82, 2.24) is 9.80 Å². The molecule has 0 radical (unpaired) electrons. The van der Waals surface area contributed by atoms with E-state index in [-0.39, 0.29) is 11.9 Å². The molecular weight excluding hydrogens is 214 g/mol. The molecule has 0 aromatic heterocycles. The standard InChI is InChI=1S/C13H29N3O/c1-5-7-9-12(14)13(17)16(6-2)11-8-10-15(3)4/h12H,5-11,14H2,1-4H3/t12-/m0/s1. The maximum Gasteiger partial charge on any atom is 0.239 e.